The molecule has 4 rings (SSSR count). The second-order valence-electron chi connectivity index (χ2n) is 7.62. The molecule has 1 aliphatic rings. The summed E-state index contributed by atoms with van der Waals surface area (Å²) in [6.45, 7) is 4.06. The molecule has 2 unspecified atom stereocenters. The van der Waals surface area contributed by atoms with Gasteiger partial charge in [0.2, 0.25) is 0 Å². The van der Waals surface area contributed by atoms with Gasteiger partial charge in [-0.25, -0.2) is 0 Å². The van der Waals surface area contributed by atoms with E-state index in [1.165, 1.54) is 0 Å². The van der Waals surface area contributed by atoms with Crippen molar-refractivity contribution in [2.75, 3.05) is 0 Å². The fourth-order valence-electron chi connectivity index (χ4n) is 3.93. The minimum Gasteiger partial charge on any atom is -0.490 e. The lowest BCUT2D eigenvalue weighted by atomic mass is 10.0. The summed E-state index contributed by atoms with van der Waals surface area (Å²) in [5, 5.41) is 10.7. The number of pyridine rings is 1. The Morgan fingerprint density at radius 1 is 1.07 bits per heavy atom. The monoisotopic (exact) mass is 363 g/mol. The van der Waals surface area contributed by atoms with E-state index < -0.39 is 0 Å². The minimum atomic E-state index is -0.249. The van der Waals surface area contributed by atoms with Gasteiger partial charge < -0.3 is 14.4 Å². The SMILES string of the molecule is CC(C)n1c(=O)c(-c2ccc(OC3CCC(O)C3)cc2)cc2ccccc21. The first kappa shape index (κ1) is 17.8. The molecule has 0 radical (unpaired) electrons. The summed E-state index contributed by atoms with van der Waals surface area (Å²) < 4.78 is 7.81. The number of para-hydroxylation sites is 1. The first-order valence-electron chi connectivity index (χ1n) is 9.62. The molecule has 140 valence electrons. The van der Waals surface area contributed by atoms with Gasteiger partial charge in [0.1, 0.15) is 11.9 Å². The highest BCUT2D eigenvalue weighted by atomic mass is 16.5. The highest BCUT2D eigenvalue weighted by molar-refractivity contribution is 5.84. The molecule has 0 amide bonds. The third kappa shape index (κ3) is 3.50. The molecular formula is C23H25NO3. The quantitative estimate of drug-likeness (QED) is 0.740. The van der Waals surface area contributed by atoms with Crippen LogP contribution in [-0.4, -0.2) is 21.9 Å². The van der Waals surface area contributed by atoms with Gasteiger partial charge in [-0.05, 0) is 61.9 Å². The van der Waals surface area contributed by atoms with E-state index in [1.807, 2.05) is 73.0 Å². The van der Waals surface area contributed by atoms with Crippen molar-refractivity contribution in [3.05, 3.63) is 65.0 Å². The van der Waals surface area contributed by atoms with Gasteiger partial charge in [0, 0.05) is 18.0 Å². The zero-order valence-corrected chi connectivity index (χ0v) is 15.8. The van der Waals surface area contributed by atoms with Crippen molar-refractivity contribution in [3.63, 3.8) is 0 Å². The van der Waals surface area contributed by atoms with Crippen LogP contribution in [0.3, 0.4) is 0 Å². The molecule has 4 nitrogen and oxygen atoms in total. The van der Waals surface area contributed by atoms with Gasteiger partial charge in [0.15, 0.2) is 0 Å². The van der Waals surface area contributed by atoms with Crippen LogP contribution in [0, 0.1) is 0 Å². The molecule has 1 N–H and O–H groups in total. The Morgan fingerprint density at radius 3 is 2.48 bits per heavy atom. The number of benzene rings is 2. The molecule has 2 aromatic carbocycles. The molecule has 2 atom stereocenters. The van der Waals surface area contributed by atoms with E-state index in [1.54, 1.807) is 0 Å². The second-order valence-corrected chi connectivity index (χ2v) is 7.62. The molecule has 1 aromatic heterocycles. The summed E-state index contributed by atoms with van der Waals surface area (Å²) in [6, 6.07) is 17.8. The summed E-state index contributed by atoms with van der Waals surface area (Å²) in [7, 11) is 0. The van der Waals surface area contributed by atoms with Crippen molar-refractivity contribution in [2.24, 2.45) is 0 Å². The predicted octanol–water partition coefficient (Wildman–Crippen LogP) is 4.54. The van der Waals surface area contributed by atoms with Gasteiger partial charge in [-0.3, -0.25) is 4.79 Å². The number of rotatable bonds is 4. The van der Waals surface area contributed by atoms with Crippen LogP contribution in [0.2, 0.25) is 0 Å². The van der Waals surface area contributed by atoms with Crippen LogP contribution in [0.15, 0.2) is 59.4 Å². The lowest BCUT2D eigenvalue weighted by Crippen LogP contribution is -2.23. The first-order chi connectivity index (χ1) is 13.0. The molecule has 1 saturated carbocycles. The van der Waals surface area contributed by atoms with Crippen LogP contribution in [0.4, 0.5) is 0 Å². The van der Waals surface area contributed by atoms with E-state index in [0.29, 0.717) is 12.0 Å². The molecule has 0 spiro atoms. The van der Waals surface area contributed by atoms with Crippen LogP contribution in [-0.2, 0) is 0 Å². The Bertz CT molecular complexity index is 1000. The van der Waals surface area contributed by atoms with Crippen molar-refractivity contribution in [1.29, 1.82) is 0 Å². The highest BCUT2D eigenvalue weighted by Crippen LogP contribution is 2.28. The Balaban J connectivity index is 1.70. The number of aliphatic hydroxyl groups is 1. The maximum atomic E-state index is 13.1. The molecule has 27 heavy (non-hydrogen) atoms. The third-order valence-corrected chi connectivity index (χ3v) is 5.29. The number of aliphatic hydroxyl groups excluding tert-OH is 1. The summed E-state index contributed by atoms with van der Waals surface area (Å²) >= 11 is 0. The van der Waals surface area contributed by atoms with Crippen LogP contribution in [0.1, 0.15) is 39.2 Å². The molecule has 1 fully saturated rings. The van der Waals surface area contributed by atoms with Gasteiger partial charge in [-0.1, -0.05) is 30.3 Å². The third-order valence-electron chi connectivity index (χ3n) is 5.29. The van der Waals surface area contributed by atoms with Crippen LogP contribution in [0.25, 0.3) is 22.0 Å². The summed E-state index contributed by atoms with van der Waals surface area (Å²) in [5.41, 5.74) is 2.57. The average molecular weight is 363 g/mol. The Kier molecular flexibility index (Phi) is 4.75. The van der Waals surface area contributed by atoms with E-state index in [0.717, 1.165) is 35.1 Å². The van der Waals surface area contributed by atoms with E-state index in [2.05, 4.69) is 0 Å². The topological polar surface area (TPSA) is 51.5 Å². The second kappa shape index (κ2) is 7.20. The van der Waals surface area contributed by atoms with Gasteiger partial charge in [0.25, 0.3) is 5.56 Å². The number of fused-ring (bicyclic) bond motifs is 1. The van der Waals surface area contributed by atoms with E-state index in [-0.39, 0.29) is 23.8 Å². The molecular weight excluding hydrogens is 338 g/mol. The number of hydrogen-bond acceptors (Lipinski definition) is 3. The lowest BCUT2D eigenvalue weighted by Gasteiger charge is -2.17. The van der Waals surface area contributed by atoms with Crippen molar-refractivity contribution < 1.29 is 9.84 Å². The maximum Gasteiger partial charge on any atom is 0.259 e. The van der Waals surface area contributed by atoms with Gasteiger partial charge in [-0.15, -0.1) is 0 Å². The fraction of sp³-hybridized carbons (Fsp3) is 0.348. The van der Waals surface area contributed by atoms with Crippen LogP contribution in [0.5, 0.6) is 5.75 Å². The highest BCUT2D eigenvalue weighted by Gasteiger charge is 2.24. The number of nitrogens with zero attached hydrogens (tertiary/aromatic N) is 1. The average Bonchev–Trinajstić information content (AvgIpc) is 3.06. The van der Waals surface area contributed by atoms with Crippen molar-refractivity contribution >= 4 is 10.9 Å². The molecule has 3 aromatic rings. The molecule has 0 saturated heterocycles. The lowest BCUT2D eigenvalue weighted by molar-refractivity contribution is 0.150. The molecule has 0 aliphatic heterocycles. The zero-order valence-electron chi connectivity index (χ0n) is 15.8. The van der Waals surface area contributed by atoms with Gasteiger partial charge >= 0.3 is 0 Å². The van der Waals surface area contributed by atoms with Gasteiger partial charge in [-0.2, -0.15) is 0 Å². The van der Waals surface area contributed by atoms with Crippen molar-refractivity contribution in [3.8, 4) is 16.9 Å². The van der Waals surface area contributed by atoms with Gasteiger partial charge in [0.05, 0.1) is 11.6 Å². The summed E-state index contributed by atoms with van der Waals surface area (Å²) in [6.07, 6.45) is 2.19. The van der Waals surface area contributed by atoms with Crippen molar-refractivity contribution in [2.45, 2.75) is 51.4 Å². The molecule has 1 heterocycles. The standard InChI is InChI=1S/C23H25NO3/c1-15(2)24-22-6-4-3-5-17(22)13-21(23(24)26)16-7-10-19(11-8-16)27-20-12-9-18(25)14-20/h3-8,10-11,13,15,18,20,25H,9,12,14H2,1-2H3. The largest absolute Gasteiger partial charge is 0.490 e. The van der Waals surface area contributed by atoms with E-state index >= 15 is 0 Å². The summed E-state index contributed by atoms with van der Waals surface area (Å²) in [4.78, 5) is 13.1. The predicted molar refractivity (Wildman–Crippen MR) is 108 cm³/mol. The number of aromatic nitrogens is 1. The number of ether oxygens (including phenoxy) is 1. The van der Waals surface area contributed by atoms with Crippen LogP contribution >= 0.6 is 0 Å². The molecule has 0 bridgehead atoms. The smallest absolute Gasteiger partial charge is 0.259 e. The summed E-state index contributed by atoms with van der Waals surface area (Å²) in [5.74, 6) is 0.780. The Labute approximate surface area is 159 Å². The molecule has 1 aliphatic carbocycles. The minimum absolute atomic E-state index is 0.0243. The fourth-order valence-corrected chi connectivity index (χ4v) is 3.93. The Morgan fingerprint density at radius 2 is 1.81 bits per heavy atom. The number of hydrogen-bond donors (Lipinski definition) is 1. The first-order valence-corrected chi connectivity index (χ1v) is 9.62. The normalized spacial score (nSPS) is 19.7. The van der Waals surface area contributed by atoms with E-state index in [9.17, 15) is 9.90 Å². The zero-order chi connectivity index (χ0) is 19.0. The molecule has 4 heteroatoms. The van der Waals surface area contributed by atoms with Crippen molar-refractivity contribution in [1.82, 2.24) is 4.57 Å². The van der Waals surface area contributed by atoms with Crippen LogP contribution < -0.4 is 10.3 Å². The maximum absolute atomic E-state index is 13.1. The Hall–Kier alpha value is -2.59. The van der Waals surface area contributed by atoms with E-state index in [4.69, 9.17) is 4.74 Å².